The fourth-order valence-electron chi connectivity index (χ4n) is 1.47. The van der Waals surface area contributed by atoms with Crippen molar-refractivity contribution in [1.82, 2.24) is 5.32 Å². The van der Waals surface area contributed by atoms with Gasteiger partial charge >= 0.3 is 12.5 Å². The van der Waals surface area contributed by atoms with Crippen molar-refractivity contribution in [1.29, 1.82) is 0 Å². The van der Waals surface area contributed by atoms with Crippen LogP contribution < -0.4 is 10.1 Å². The summed E-state index contributed by atoms with van der Waals surface area (Å²) in [6, 6.07) is 5.52. The van der Waals surface area contributed by atoms with E-state index in [9.17, 15) is 18.0 Å². The fraction of sp³-hybridized carbons (Fsp3) is 0.400. The number of nitrogens with one attached hydrogen (secondary N) is 1. The van der Waals surface area contributed by atoms with Gasteiger partial charge in [-0.05, 0) is 38.5 Å². The van der Waals surface area contributed by atoms with Gasteiger partial charge in [0.15, 0.2) is 0 Å². The molecule has 1 aromatic rings. The second kappa shape index (κ2) is 7.20. The van der Waals surface area contributed by atoms with Crippen molar-refractivity contribution in [2.75, 3.05) is 6.54 Å². The van der Waals surface area contributed by atoms with Crippen LogP contribution in [0.3, 0.4) is 0 Å². The first-order chi connectivity index (χ1) is 10.1. The van der Waals surface area contributed by atoms with Crippen LogP contribution in [-0.4, -0.2) is 24.6 Å². The lowest BCUT2D eigenvalue weighted by molar-refractivity contribution is -0.274. The molecule has 0 aromatic heterocycles. The average Bonchev–Trinajstić information content (AvgIpc) is 2.31. The highest BCUT2D eigenvalue weighted by Crippen LogP contribution is 2.23. The molecule has 122 valence electrons. The maximum atomic E-state index is 12.1. The third-order valence-corrected chi connectivity index (χ3v) is 2.17. The van der Waals surface area contributed by atoms with Crippen LogP contribution in [0.1, 0.15) is 26.3 Å². The van der Waals surface area contributed by atoms with Gasteiger partial charge in [-0.3, -0.25) is 0 Å². The predicted molar refractivity (Wildman–Crippen MR) is 76.4 cm³/mol. The van der Waals surface area contributed by atoms with E-state index in [0.29, 0.717) is 5.56 Å². The van der Waals surface area contributed by atoms with Crippen LogP contribution in [0, 0.1) is 0 Å². The Morgan fingerprint density at radius 3 is 2.55 bits per heavy atom. The smallest absolute Gasteiger partial charge is 0.444 e. The molecule has 0 fully saturated rings. The third kappa shape index (κ3) is 8.18. The van der Waals surface area contributed by atoms with Crippen molar-refractivity contribution in [3.63, 3.8) is 0 Å². The molecule has 0 aliphatic rings. The molecule has 22 heavy (non-hydrogen) atoms. The molecule has 0 heterocycles. The number of benzene rings is 1. The molecule has 0 aliphatic carbocycles. The number of hydrogen-bond donors (Lipinski definition) is 1. The first kappa shape index (κ1) is 17.9. The van der Waals surface area contributed by atoms with Crippen molar-refractivity contribution in [3.05, 3.63) is 35.9 Å². The number of carbonyl (C=O) groups excluding carboxylic acids is 1. The first-order valence-corrected chi connectivity index (χ1v) is 6.54. The van der Waals surface area contributed by atoms with E-state index < -0.39 is 18.1 Å². The molecule has 0 atom stereocenters. The van der Waals surface area contributed by atoms with Gasteiger partial charge in [0.25, 0.3) is 0 Å². The van der Waals surface area contributed by atoms with Gasteiger partial charge in [0.1, 0.15) is 11.4 Å². The number of ether oxygens (including phenoxy) is 2. The molecule has 0 radical (unpaired) electrons. The Morgan fingerprint density at radius 1 is 1.27 bits per heavy atom. The zero-order valence-electron chi connectivity index (χ0n) is 12.5. The van der Waals surface area contributed by atoms with Crippen molar-refractivity contribution in [2.24, 2.45) is 0 Å². The normalized spacial score (nSPS) is 12.3. The van der Waals surface area contributed by atoms with Gasteiger partial charge in [0.05, 0.1) is 0 Å². The lowest BCUT2D eigenvalue weighted by Crippen LogP contribution is -2.32. The fourth-order valence-corrected chi connectivity index (χ4v) is 1.47. The molecule has 0 bridgehead atoms. The van der Waals surface area contributed by atoms with Crippen LogP contribution in [0.5, 0.6) is 5.75 Å². The van der Waals surface area contributed by atoms with Crippen molar-refractivity contribution in [2.45, 2.75) is 32.7 Å². The molecular weight excluding hydrogens is 299 g/mol. The number of carbonyl (C=O) groups is 1. The van der Waals surface area contributed by atoms with E-state index in [4.69, 9.17) is 4.74 Å². The first-order valence-electron chi connectivity index (χ1n) is 6.54. The molecule has 0 unspecified atom stereocenters. The number of halogens is 3. The minimum Gasteiger partial charge on any atom is -0.444 e. The van der Waals surface area contributed by atoms with Crippen molar-refractivity contribution >= 4 is 12.2 Å². The summed E-state index contributed by atoms with van der Waals surface area (Å²) < 4.78 is 45.2. The molecule has 1 rings (SSSR count). The van der Waals surface area contributed by atoms with Gasteiger partial charge in [0.2, 0.25) is 0 Å². The zero-order chi connectivity index (χ0) is 16.8. The van der Waals surface area contributed by atoms with Crippen LogP contribution in [0.15, 0.2) is 30.3 Å². The predicted octanol–water partition coefficient (Wildman–Crippen LogP) is 4.12. The molecule has 7 heteroatoms. The van der Waals surface area contributed by atoms with Gasteiger partial charge in [-0.1, -0.05) is 24.3 Å². The highest BCUT2D eigenvalue weighted by molar-refractivity contribution is 5.68. The van der Waals surface area contributed by atoms with Gasteiger partial charge in [-0.25, -0.2) is 4.79 Å². The summed E-state index contributed by atoms with van der Waals surface area (Å²) in [5.74, 6) is -0.297. The van der Waals surface area contributed by atoms with Gasteiger partial charge in [-0.15, -0.1) is 13.2 Å². The van der Waals surface area contributed by atoms with E-state index in [2.05, 4.69) is 10.1 Å². The van der Waals surface area contributed by atoms with Crippen molar-refractivity contribution < 1.29 is 27.4 Å². The summed E-state index contributed by atoms with van der Waals surface area (Å²) in [6.45, 7) is 5.43. The second-order valence-corrected chi connectivity index (χ2v) is 5.41. The lowest BCUT2D eigenvalue weighted by atomic mass is 10.2. The SMILES string of the molecule is CC(C)(C)OC(=O)NCC=Cc1cccc(OC(F)(F)F)c1. The lowest BCUT2D eigenvalue weighted by Gasteiger charge is -2.19. The monoisotopic (exact) mass is 317 g/mol. The van der Waals surface area contributed by atoms with Gasteiger partial charge in [-0.2, -0.15) is 0 Å². The van der Waals surface area contributed by atoms with E-state index in [1.165, 1.54) is 18.2 Å². The van der Waals surface area contributed by atoms with Crippen LogP contribution in [0.2, 0.25) is 0 Å². The molecule has 0 spiro atoms. The molecular formula is C15H18F3NO3. The van der Waals surface area contributed by atoms with Gasteiger partial charge in [0, 0.05) is 6.54 Å². The highest BCUT2D eigenvalue weighted by Gasteiger charge is 2.30. The molecule has 0 saturated carbocycles. The minimum absolute atomic E-state index is 0.194. The summed E-state index contributed by atoms with van der Waals surface area (Å²) >= 11 is 0. The standard InChI is InChI=1S/C15H18F3NO3/c1-14(2,3)22-13(20)19-9-5-7-11-6-4-8-12(10-11)21-15(16,17)18/h4-8,10H,9H2,1-3H3,(H,19,20). The minimum atomic E-state index is -4.72. The topological polar surface area (TPSA) is 47.6 Å². The Kier molecular flexibility index (Phi) is 5.84. The maximum Gasteiger partial charge on any atom is 0.573 e. The van der Waals surface area contributed by atoms with Crippen molar-refractivity contribution in [3.8, 4) is 5.75 Å². The average molecular weight is 317 g/mol. The Balaban J connectivity index is 2.50. The number of amides is 1. The summed E-state index contributed by atoms with van der Waals surface area (Å²) in [4.78, 5) is 11.4. The molecule has 0 aliphatic heterocycles. The van der Waals surface area contributed by atoms with Crippen LogP contribution in [0.25, 0.3) is 6.08 Å². The number of alkyl carbamates (subject to hydrolysis) is 1. The van der Waals surface area contributed by atoms with E-state index in [1.54, 1.807) is 39.0 Å². The second-order valence-electron chi connectivity index (χ2n) is 5.41. The molecule has 1 amide bonds. The summed E-state index contributed by atoms with van der Waals surface area (Å²) in [5.41, 5.74) is -0.0652. The van der Waals surface area contributed by atoms with Crippen LogP contribution in [-0.2, 0) is 4.74 Å². The number of hydrogen-bond acceptors (Lipinski definition) is 3. The van der Waals surface area contributed by atoms with Gasteiger partial charge < -0.3 is 14.8 Å². The van der Waals surface area contributed by atoms with E-state index in [-0.39, 0.29) is 12.3 Å². The Hall–Kier alpha value is -2.18. The molecule has 4 nitrogen and oxygen atoms in total. The Morgan fingerprint density at radius 2 is 1.95 bits per heavy atom. The van der Waals surface area contributed by atoms with E-state index in [0.717, 1.165) is 0 Å². The Labute approximate surface area is 126 Å². The highest BCUT2D eigenvalue weighted by atomic mass is 19.4. The molecule has 1 aromatic carbocycles. The Bertz CT molecular complexity index is 534. The van der Waals surface area contributed by atoms with E-state index >= 15 is 0 Å². The van der Waals surface area contributed by atoms with E-state index in [1.807, 2.05) is 0 Å². The molecule has 0 saturated heterocycles. The summed E-state index contributed by atoms with van der Waals surface area (Å²) in [7, 11) is 0. The molecule has 1 N–H and O–H groups in total. The van der Waals surface area contributed by atoms with Crippen LogP contribution >= 0.6 is 0 Å². The maximum absolute atomic E-state index is 12.1. The quantitative estimate of drug-likeness (QED) is 0.908. The van der Waals surface area contributed by atoms with Crippen LogP contribution in [0.4, 0.5) is 18.0 Å². The summed E-state index contributed by atoms with van der Waals surface area (Å²) in [5, 5.41) is 2.50. The summed E-state index contributed by atoms with van der Waals surface area (Å²) in [6.07, 6.45) is -2.12. The largest absolute Gasteiger partial charge is 0.573 e. The third-order valence-electron chi connectivity index (χ3n) is 2.17. The number of alkyl halides is 3. The number of rotatable bonds is 4. The zero-order valence-corrected chi connectivity index (χ0v) is 12.5.